The quantitative estimate of drug-likeness (QED) is 0.0166. The normalized spacial score (nSPS) is 15.5. The molecule has 1 fully saturated rings. The summed E-state index contributed by atoms with van der Waals surface area (Å²) in [7, 11) is 0. The van der Waals surface area contributed by atoms with Crippen LogP contribution in [0.25, 0.3) is 0 Å². The Bertz CT molecular complexity index is 2950. The summed E-state index contributed by atoms with van der Waals surface area (Å²) in [5, 5.41) is 36.7. The number of nitrogens with zero attached hydrogens (tertiary/aromatic N) is 4. The fourth-order valence-corrected chi connectivity index (χ4v) is 11.1. The van der Waals surface area contributed by atoms with E-state index in [4.69, 9.17) is 51.6 Å². The summed E-state index contributed by atoms with van der Waals surface area (Å²) in [5.74, 6) is -11.3. The Kier molecular flexibility index (Phi) is 42.0. The number of likely N-dealkylation sites (tertiary alicyclic amines) is 1. The minimum atomic E-state index is -1.45. The molecule has 1 aliphatic heterocycles. The first-order valence-electron chi connectivity index (χ1n) is 35.2. The second-order valence-corrected chi connectivity index (χ2v) is 26.3. The number of nitrogens with two attached hydrogens (primary N) is 9. The Morgan fingerprint density at radius 2 is 0.902 bits per heavy atom. The topological polar surface area (TPSA) is 620 Å². The van der Waals surface area contributed by atoms with Gasteiger partial charge in [-0.2, -0.15) is 0 Å². The molecule has 1 unspecified atom stereocenters. The molecule has 11 atom stereocenters. The van der Waals surface area contributed by atoms with E-state index < -0.39 is 144 Å². The summed E-state index contributed by atoms with van der Waals surface area (Å²) in [6.45, 7) is 10.5. The average Bonchev–Trinajstić information content (AvgIpc) is 1.62. The Labute approximate surface area is 597 Å². The Morgan fingerprint density at radius 3 is 1.35 bits per heavy atom. The van der Waals surface area contributed by atoms with Crippen LogP contribution in [0.4, 0.5) is 0 Å². The van der Waals surface area contributed by atoms with Gasteiger partial charge < -0.3 is 115 Å². The first-order chi connectivity index (χ1) is 48.3. The summed E-state index contributed by atoms with van der Waals surface area (Å²) in [4.78, 5) is 181. The predicted molar refractivity (Wildman–Crippen MR) is 386 cm³/mol. The van der Waals surface area contributed by atoms with Crippen LogP contribution in [0.2, 0.25) is 0 Å². The fraction of sp³-hybridized carbons (Fsp3) is 0.682. The third kappa shape index (κ3) is 34.8. The van der Waals surface area contributed by atoms with Crippen LogP contribution < -0.4 is 105 Å². The third-order valence-corrected chi connectivity index (χ3v) is 16.7. The lowest BCUT2D eigenvalue weighted by molar-refractivity contribution is -0.143. The van der Waals surface area contributed by atoms with Crippen LogP contribution in [-0.4, -0.2) is 212 Å². The third-order valence-electron chi connectivity index (χ3n) is 16.7. The number of nitrogens with one attached hydrogen (secondary N) is 10. The van der Waals surface area contributed by atoms with E-state index in [0.717, 1.165) is 0 Å². The van der Waals surface area contributed by atoms with Gasteiger partial charge in [-0.3, -0.25) is 67.7 Å². The molecule has 0 bridgehead atoms. The van der Waals surface area contributed by atoms with Crippen molar-refractivity contribution in [2.24, 2.45) is 84.3 Å². The van der Waals surface area contributed by atoms with Gasteiger partial charge in [-0.05, 0) is 139 Å². The van der Waals surface area contributed by atoms with Crippen molar-refractivity contribution in [3.05, 3.63) is 35.9 Å². The van der Waals surface area contributed by atoms with Crippen molar-refractivity contribution in [1.29, 1.82) is 0 Å². The van der Waals surface area contributed by atoms with Crippen molar-refractivity contribution in [2.75, 3.05) is 52.4 Å². The molecule has 1 heterocycles. The molecule has 1 aromatic rings. The Hall–Kier alpha value is -9.45. The minimum Gasteiger partial charge on any atom is -0.480 e. The van der Waals surface area contributed by atoms with Crippen LogP contribution >= 0.6 is 0 Å². The molecule has 0 radical (unpaired) electrons. The summed E-state index contributed by atoms with van der Waals surface area (Å²) in [6.07, 6.45) is 2.94. The molecular weight excluding hydrogens is 1320 g/mol. The fourth-order valence-electron chi connectivity index (χ4n) is 11.1. The number of carbonyl (C=O) groups excluding carboxylic acids is 11. The van der Waals surface area contributed by atoms with Crippen molar-refractivity contribution < 1.29 is 62.6 Å². The number of carbonyl (C=O) groups is 12. The van der Waals surface area contributed by atoms with E-state index in [1.165, 1.54) is 4.90 Å². The largest absolute Gasteiger partial charge is 0.480 e. The molecule has 1 aromatic carbocycles. The van der Waals surface area contributed by atoms with E-state index in [2.05, 4.69) is 68.1 Å². The SMILES string of the molecule is CCC(C)[C@H](NC(=O)[C@H](CCCN=C(N)N)NC(=O)[C@H](CCCN=C(N)N)NC(=O)[C@H](CC(C)C)NC(=O)[C@H](Cc1ccccc1)NC(=O)CNC(=O)CN)C(=O)N[C@@H](CCCN=C(N)N)C(=O)N1CCC[C@H]1C(=O)N[C@@H](CCCCN)C(=O)N[C@@H](CC(C)C)C(=O)N[C@@H](CCCCN)C(=O)O. The lowest BCUT2D eigenvalue weighted by Gasteiger charge is -2.32. The number of amides is 11. The highest BCUT2D eigenvalue weighted by molar-refractivity contribution is 5.99. The zero-order chi connectivity index (χ0) is 76.4. The Morgan fingerprint density at radius 1 is 0.490 bits per heavy atom. The van der Waals surface area contributed by atoms with Gasteiger partial charge in [0.2, 0.25) is 65.0 Å². The number of hydrogen-bond donors (Lipinski definition) is 20. The van der Waals surface area contributed by atoms with Gasteiger partial charge in [0, 0.05) is 32.6 Å². The molecule has 0 saturated carbocycles. The maximum Gasteiger partial charge on any atom is 0.326 e. The second kappa shape index (κ2) is 48.4. The number of benzene rings is 1. The van der Waals surface area contributed by atoms with Gasteiger partial charge in [-0.1, -0.05) is 78.3 Å². The number of aliphatic imine (C=N–C) groups is 3. The number of carboxylic acids is 1. The zero-order valence-corrected chi connectivity index (χ0v) is 60.1. The number of hydrogen-bond acceptors (Lipinski definition) is 18. The van der Waals surface area contributed by atoms with Crippen molar-refractivity contribution in [3.63, 3.8) is 0 Å². The standard InChI is InChI=1S/C66H117N23O13/c1-7-40(6)53(61(99)84-45(25-17-31-78-66(74)75)62(100)89-32-18-26-50(89)60(98)83-42(21-11-13-27-67)55(93)86-48(34-39(4)5)58(96)85-46(63(101)102)22-12-14-28-68)88-56(94)44(24-16-30-77-65(72)73)81-54(92)43(23-15-29-76-64(70)71)82-57(95)47(33-38(2)3)87-59(97)49(35-41-19-9-8-10-20-41)80-52(91)37-79-51(90)36-69/h8-10,19-20,38-40,42-50,53H,7,11-18,21-37,67-69H2,1-6H3,(H,79,90)(H,80,91)(H,81,92)(H,82,95)(H,83,98)(H,84,99)(H,85,96)(H,86,93)(H,87,97)(H,88,94)(H,101,102)(H4,70,71,76)(H4,72,73,77)(H4,74,75,78)/t40?,42-,43-,44-,45-,46-,47-,48-,49-,50-,53-/m0/s1. The van der Waals surface area contributed by atoms with E-state index in [-0.39, 0.29) is 146 Å². The number of guanidine groups is 3. The van der Waals surface area contributed by atoms with Gasteiger partial charge in [0.25, 0.3) is 0 Å². The van der Waals surface area contributed by atoms with Crippen LogP contribution in [0.1, 0.15) is 156 Å². The maximum absolute atomic E-state index is 15.0. The summed E-state index contributed by atoms with van der Waals surface area (Å²) < 4.78 is 0. The van der Waals surface area contributed by atoms with Crippen LogP contribution in [0.3, 0.4) is 0 Å². The molecule has 0 aliphatic carbocycles. The lowest BCUT2D eigenvalue weighted by Crippen LogP contribution is -2.61. The van der Waals surface area contributed by atoms with Crippen LogP contribution in [0.15, 0.2) is 45.3 Å². The second-order valence-electron chi connectivity index (χ2n) is 26.3. The maximum atomic E-state index is 15.0. The van der Waals surface area contributed by atoms with Crippen LogP contribution in [-0.2, 0) is 64.0 Å². The first kappa shape index (κ1) is 88.6. The molecule has 574 valence electrons. The number of aliphatic carboxylic acids is 1. The summed E-state index contributed by atoms with van der Waals surface area (Å²) >= 11 is 0. The molecule has 36 heteroatoms. The molecule has 0 aromatic heterocycles. The van der Waals surface area contributed by atoms with Gasteiger partial charge >= 0.3 is 5.97 Å². The van der Waals surface area contributed by atoms with E-state index in [0.29, 0.717) is 50.6 Å². The molecule has 102 heavy (non-hydrogen) atoms. The minimum absolute atomic E-state index is 0.00576. The van der Waals surface area contributed by atoms with Gasteiger partial charge in [0.1, 0.15) is 60.4 Å². The van der Waals surface area contributed by atoms with Crippen molar-refractivity contribution in [1.82, 2.24) is 58.1 Å². The Balaban J connectivity index is 2.61. The predicted octanol–water partition coefficient (Wildman–Crippen LogP) is -4.70. The number of unbranched alkanes of at least 4 members (excludes halogenated alkanes) is 2. The molecule has 1 saturated heterocycles. The zero-order valence-electron chi connectivity index (χ0n) is 60.1. The van der Waals surface area contributed by atoms with E-state index in [1.807, 2.05) is 13.8 Å². The molecule has 11 amide bonds. The van der Waals surface area contributed by atoms with Gasteiger partial charge in [-0.15, -0.1) is 0 Å². The molecule has 0 spiro atoms. The van der Waals surface area contributed by atoms with E-state index in [9.17, 15) is 57.8 Å². The number of carboxylic acid groups (broad SMARTS) is 1. The number of rotatable bonds is 50. The van der Waals surface area contributed by atoms with Crippen molar-refractivity contribution in [2.45, 2.75) is 218 Å². The molecule has 1 aliphatic rings. The van der Waals surface area contributed by atoms with Crippen LogP contribution in [0.5, 0.6) is 0 Å². The summed E-state index contributed by atoms with van der Waals surface area (Å²) in [5.41, 5.74) is 51.2. The van der Waals surface area contributed by atoms with Crippen molar-refractivity contribution >= 4 is 88.8 Å². The van der Waals surface area contributed by atoms with E-state index in [1.54, 1.807) is 58.0 Å². The molecule has 36 nitrogen and oxygen atoms in total. The molecule has 2 rings (SSSR count). The van der Waals surface area contributed by atoms with Gasteiger partial charge in [-0.25, -0.2) is 4.79 Å². The van der Waals surface area contributed by atoms with E-state index >= 15 is 4.79 Å². The highest BCUT2D eigenvalue weighted by atomic mass is 16.4. The average molecular weight is 1440 g/mol. The highest BCUT2D eigenvalue weighted by Gasteiger charge is 2.41. The molecular formula is C66H117N23O13. The molecule has 29 N–H and O–H groups in total. The smallest absolute Gasteiger partial charge is 0.326 e. The van der Waals surface area contributed by atoms with Crippen LogP contribution in [0, 0.1) is 17.8 Å². The lowest BCUT2D eigenvalue weighted by atomic mass is 9.96. The highest BCUT2D eigenvalue weighted by Crippen LogP contribution is 2.22. The monoisotopic (exact) mass is 1440 g/mol. The van der Waals surface area contributed by atoms with Gasteiger partial charge in [0.15, 0.2) is 17.9 Å². The van der Waals surface area contributed by atoms with Crippen molar-refractivity contribution in [3.8, 4) is 0 Å². The van der Waals surface area contributed by atoms with Gasteiger partial charge in [0.05, 0.1) is 13.1 Å². The first-order valence-corrected chi connectivity index (χ1v) is 35.2. The summed E-state index contributed by atoms with van der Waals surface area (Å²) in [6, 6.07) is -4.31.